The molecule has 1 aromatic heterocycles. The number of carbonyl (C=O) groups is 1. The van der Waals surface area contributed by atoms with E-state index in [2.05, 4.69) is 30.3 Å². The van der Waals surface area contributed by atoms with Crippen LogP contribution < -0.4 is 20.3 Å². The van der Waals surface area contributed by atoms with E-state index in [1.807, 2.05) is 0 Å². The van der Waals surface area contributed by atoms with Crippen LogP contribution in [-0.4, -0.2) is 103 Å². The summed E-state index contributed by atoms with van der Waals surface area (Å²) in [4.78, 5) is 25.0. The second-order valence-corrected chi connectivity index (χ2v) is 10.6. The van der Waals surface area contributed by atoms with Crippen LogP contribution in [0.25, 0.3) is 0 Å². The fraction of sp³-hybridized carbons (Fsp3) is 0.444. The number of aromatic nitrogens is 3. The first-order chi connectivity index (χ1) is 16.9. The number of hydrogen-bond acceptors (Lipinski definition) is 13. The molecule has 0 bridgehead atoms. The van der Waals surface area contributed by atoms with Crippen molar-refractivity contribution >= 4 is 49.6 Å². The average molecular weight is 550 g/mol. The maximum atomic E-state index is 11.7. The fourth-order valence-electron chi connectivity index (χ4n) is 2.77. The Bertz CT molecular complexity index is 1270. The summed E-state index contributed by atoms with van der Waals surface area (Å²) in [5.41, 5.74) is -0.609. The molecule has 0 saturated carbocycles. The van der Waals surface area contributed by atoms with E-state index in [0.717, 1.165) is 18.2 Å². The number of carboxylic acid groups (broad SMARTS) is 1. The zero-order chi connectivity index (χ0) is 26.9. The van der Waals surface area contributed by atoms with Gasteiger partial charge in [-0.25, -0.2) is 17.9 Å². The van der Waals surface area contributed by atoms with E-state index in [9.17, 15) is 36.4 Å². The van der Waals surface area contributed by atoms with Gasteiger partial charge in [-0.3, -0.25) is 4.55 Å². The van der Waals surface area contributed by atoms with Crippen LogP contribution in [0.4, 0.5) is 23.5 Å². The van der Waals surface area contributed by atoms with E-state index in [-0.39, 0.29) is 68.7 Å². The summed E-state index contributed by atoms with van der Waals surface area (Å²) in [6.07, 6.45) is 0. The van der Waals surface area contributed by atoms with Crippen molar-refractivity contribution in [3.63, 3.8) is 0 Å². The molecule has 7 N–H and O–H groups in total. The third-order valence-corrected chi connectivity index (χ3v) is 6.77. The Kier molecular flexibility index (Phi) is 10.3. The smallest absolute Gasteiger partial charge is 0.337 e. The second kappa shape index (κ2) is 12.7. The van der Waals surface area contributed by atoms with Crippen molar-refractivity contribution in [3.8, 4) is 0 Å². The van der Waals surface area contributed by atoms with Crippen molar-refractivity contribution in [1.82, 2.24) is 19.7 Å². The van der Waals surface area contributed by atoms with Gasteiger partial charge in [-0.05, 0) is 25.1 Å². The lowest BCUT2D eigenvalue weighted by Gasteiger charge is -2.23. The van der Waals surface area contributed by atoms with E-state index in [1.165, 1.54) is 11.8 Å². The lowest BCUT2D eigenvalue weighted by Crippen LogP contribution is -2.38. The van der Waals surface area contributed by atoms with Crippen LogP contribution in [-0.2, 0) is 20.1 Å². The van der Waals surface area contributed by atoms with Gasteiger partial charge < -0.3 is 30.9 Å². The molecular weight excluding hydrogens is 522 g/mol. The molecule has 2 rings (SSSR count). The van der Waals surface area contributed by atoms with Crippen LogP contribution in [0.15, 0.2) is 23.1 Å². The normalized spacial score (nSPS) is 11.8. The van der Waals surface area contributed by atoms with E-state index in [1.54, 1.807) is 0 Å². The van der Waals surface area contributed by atoms with Crippen LogP contribution in [0.1, 0.15) is 17.3 Å². The first kappa shape index (κ1) is 29.1. The number of nitrogens with zero attached hydrogens (tertiary/aromatic N) is 4. The summed E-state index contributed by atoms with van der Waals surface area (Å²) in [5.74, 6) is -1.84. The summed E-state index contributed by atoms with van der Waals surface area (Å²) >= 11 is 0. The van der Waals surface area contributed by atoms with Crippen molar-refractivity contribution in [2.45, 2.75) is 11.8 Å². The van der Waals surface area contributed by atoms with Crippen LogP contribution in [0, 0.1) is 0 Å². The highest BCUT2D eigenvalue weighted by molar-refractivity contribution is 7.89. The molecule has 0 saturated heterocycles. The van der Waals surface area contributed by atoms with Gasteiger partial charge in [0.15, 0.2) is 0 Å². The Morgan fingerprint density at radius 1 is 1.00 bits per heavy atom. The quantitative estimate of drug-likeness (QED) is 0.128. The molecule has 0 atom stereocenters. The molecule has 2 aromatic rings. The first-order valence-corrected chi connectivity index (χ1v) is 13.5. The van der Waals surface area contributed by atoms with Crippen LogP contribution >= 0.6 is 0 Å². The van der Waals surface area contributed by atoms with E-state index >= 15 is 0 Å². The zero-order valence-corrected chi connectivity index (χ0v) is 20.8. The van der Waals surface area contributed by atoms with Gasteiger partial charge >= 0.3 is 5.97 Å². The van der Waals surface area contributed by atoms with Crippen LogP contribution in [0.5, 0.6) is 0 Å². The predicted octanol–water partition coefficient (Wildman–Crippen LogP) is -1.30. The lowest BCUT2D eigenvalue weighted by atomic mass is 10.2. The van der Waals surface area contributed by atoms with E-state index < -0.39 is 36.6 Å². The highest BCUT2D eigenvalue weighted by Gasteiger charge is 2.19. The zero-order valence-electron chi connectivity index (χ0n) is 19.1. The maximum absolute atomic E-state index is 11.7. The largest absolute Gasteiger partial charge is 0.478 e. The topological polar surface area (TPSA) is 244 Å². The van der Waals surface area contributed by atoms with Crippen molar-refractivity contribution in [3.05, 3.63) is 23.8 Å². The molecule has 0 fully saturated rings. The summed E-state index contributed by atoms with van der Waals surface area (Å²) in [7, 11) is -8.13. The molecule has 0 aliphatic rings. The highest BCUT2D eigenvalue weighted by Crippen LogP contribution is 2.24. The third kappa shape index (κ3) is 8.50. The minimum absolute atomic E-state index is 0.0101. The number of carboxylic acids is 1. The second-order valence-electron chi connectivity index (χ2n) is 7.05. The fourth-order valence-corrected chi connectivity index (χ4v) is 3.88. The molecule has 36 heavy (non-hydrogen) atoms. The van der Waals surface area contributed by atoms with Gasteiger partial charge in [0.05, 0.1) is 35.1 Å². The molecule has 0 spiro atoms. The van der Waals surface area contributed by atoms with Crippen molar-refractivity contribution < 1.29 is 41.5 Å². The van der Waals surface area contributed by atoms with Crippen molar-refractivity contribution in [2.24, 2.45) is 0 Å². The minimum atomic E-state index is -4.66. The van der Waals surface area contributed by atoms with Gasteiger partial charge in [0.2, 0.25) is 27.9 Å². The number of hydrogen-bond donors (Lipinski definition) is 7. The Labute approximate surface area is 207 Å². The van der Waals surface area contributed by atoms with Crippen molar-refractivity contribution in [2.75, 3.05) is 60.7 Å². The molecule has 0 radical (unpaired) electrons. The van der Waals surface area contributed by atoms with E-state index in [4.69, 9.17) is 5.11 Å². The van der Waals surface area contributed by atoms with Gasteiger partial charge in [-0.15, -0.1) is 0 Å². The third-order valence-electron chi connectivity index (χ3n) is 4.52. The molecule has 0 unspecified atom stereocenters. The van der Waals surface area contributed by atoms with E-state index in [0.29, 0.717) is 0 Å². The molecule has 0 aliphatic heterocycles. The van der Waals surface area contributed by atoms with Crippen LogP contribution in [0.2, 0.25) is 0 Å². The van der Waals surface area contributed by atoms with Gasteiger partial charge in [0.25, 0.3) is 10.1 Å². The summed E-state index contributed by atoms with van der Waals surface area (Å²) in [6, 6.07) is 2.84. The molecule has 0 amide bonds. The first-order valence-electron chi connectivity index (χ1n) is 10.5. The molecule has 1 aromatic carbocycles. The standard InChI is InChI=1S/C18H27N7O9S2/c1-2-35(30,31)20-5-7-25(8-10-27)18-23-16(19-6-9-26)22-17(24-18)21-14-4-3-12(36(32,33)34)11-13(14)15(28)29/h3-4,11,20,26-27H,2,5-10H2,1H3,(H,28,29)(H,32,33,34)(H2,19,21,22,23,24). The average Bonchev–Trinajstić information content (AvgIpc) is 2.81. The van der Waals surface area contributed by atoms with Gasteiger partial charge in [-0.2, -0.15) is 23.4 Å². The maximum Gasteiger partial charge on any atom is 0.337 e. The number of rotatable bonds is 15. The number of anilines is 4. The number of benzene rings is 1. The Morgan fingerprint density at radius 2 is 1.69 bits per heavy atom. The summed E-state index contributed by atoms with van der Waals surface area (Å²) in [5, 5.41) is 33.4. The SMILES string of the molecule is CCS(=O)(=O)NCCN(CCO)c1nc(NCCO)nc(Nc2ccc(S(=O)(=O)O)cc2C(=O)O)n1. The Morgan fingerprint density at radius 3 is 2.28 bits per heavy atom. The monoisotopic (exact) mass is 549 g/mol. The lowest BCUT2D eigenvalue weighted by molar-refractivity contribution is 0.0697. The molecular formula is C18H27N7O9S2. The number of aliphatic hydroxyl groups is 2. The number of aliphatic hydroxyl groups excluding tert-OH is 2. The molecule has 18 heteroatoms. The Balaban J connectivity index is 2.45. The van der Waals surface area contributed by atoms with Gasteiger partial charge in [0, 0.05) is 26.2 Å². The predicted molar refractivity (Wildman–Crippen MR) is 129 cm³/mol. The van der Waals surface area contributed by atoms with Gasteiger partial charge in [0.1, 0.15) is 0 Å². The molecule has 0 aliphatic carbocycles. The molecule has 200 valence electrons. The number of sulfonamides is 1. The molecule has 1 heterocycles. The number of nitrogens with one attached hydrogen (secondary N) is 3. The summed E-state index contributed by atoms with van der Waals surface area (Å²) < 4.78 is 57.8. The Hall–Kier alpha value is -3.16. The van der Waals surface area contributed by atoms with Crippen molar-refractivity contribution in [1.29, 1.82) is 0 Å². The summed E-state index contributed by atoms with van der Waals surface area (Å²) in [6.45, 7) is 1.00. The minimum Gasteiger partial charge on any atom is -0.478 e. The molecule has 16 nitrogen and oxygen atoms in total. The van der Waals surface area contributed by atoms with Crippen LogP contribution in [0.3, 0.4) is 0 Å². The number of aromatic carboxylic acids is 1. The highest BCUT2D eigenvalue weighted by atomic mass is 32.2. The van der Waals surface area contributed by atoms with Gasteiger partial charge in [-0.1, -0.05) is 0 Å².